The number of hydrogen-bond acceptors (Lipinski definition) is 4. The smallest absolute Gasteiger partial charge is 0.198 e. The molecule has 0 bridgehead atoms. The number of allylic oxidation sites excluding steroid dienone is 4. The van der Waals surface area contributed by atoms with E-state index in [1.165, 1.54) is 13.2 Å². The SMILES string of the molecule is CC=CC1=CC2=CC(CC(=O)CCCCC)C(C)(O)C(=O)C2=CO1. The van der Waals surface area contributed by atoms with Crippen LogP contribution in [0.2, 0.25) is 0 Å². The highest BCUT2D eigenvalue weighted by Crippen LogP contribution is 2.38. The number of aliphatic hydroxyl groups is 1. The summed E-state index contributed by atoms with van der Waals surface area (Å²) in [7, 11) is 0. The lowest BCUT2D eigenvalue weighted by Crippen LogP contribution is -2.47. The van der Waals surface area contributed by atoms with Crippen molar-refractivity contribution in [2.75, 3.05) is 0 Å². The normalized spacial score (nSPS) is 26.4. The predicted molar refractivity (Wildman–Crippen MR) is 93.0 cm³/mol. The highest BCUT2D eigenvalue weighted by Gasteiger charge is 2.45. The zero-order valence-electron chi connectivity index (χ0n) is 14.7. The molecule has 130 valence electrons. The summed E-state index contributed by atoms with van der Waals surface area (Å²) in [5, 5.41) is 10.7. The highest BCUT2D eigenvalue weighted by atomic mass is 16.5. The number of carbonyl (C=O) groups is 2. The maximum atomic E-state index is 12.6. The second-order valence-electron chi connectivity index (χ2n) is 6.60. The zero-order chi connectivity index (χ0) is 17.7. The molecule has 0 spiro atoms. The van der Waals surface area contributed by atoms with Gasteiger partial charge in [-0.1, -0.05) is 31.9 Å². The first-order valence-electron chi connectivity index (χ1n) is 8.62. The molecule has 4 heteroatoms. The van der Waals surface area contributed by atoms with Gasteiger partial charge in [0.25, 0.3) is 0 Å². The molecule has 0 radical (unpaired) electrons. The summed E-state index contributed by atoms with van der Waals surface area (Å²) in [6, 6.07) is 0. The van der Waals surface area contributed by atoms with Crippen LogP contribution >= 0.6 is 0 Å². The fraction of sp³-hybridized carbons (Fsp3) is 0.500. The van der Waals surface area contributed by atoms with Crippen LogP contribution in [0.5, 0.6) is 0 Å². The van der Waals surface area contributed by atoms with E-state index < -0.39 is 11.5 Å². The van der Waals surface area contributed by atoms with E-state index in [1.54, 1.807) is 12.2 Å². The fourth-order valence-electron chi connectivity index (χ4n) is 3.03. The van der Waals surface area contributed by atoms with Crippen molar-refractivity contribution >= 4 is 11.6 Å². The second-order valence-corrected chi connectivity index (χ2v) is 6.60. The van der Waals surface area contributed by atoms with Gasteiger partial charge in [-0.2, -0.15) is 0 Å². The van der Waals surface area contributed by atoms with E-state index in [0.717, 1.165) is 24.8 Å². The Bertz CT molecular complexity index is 632. The molecule has 1 N–H and O–H groups in total. The van der Waals surface area contributed by atoms with Gasteiger partial charge < -0.3 is 9.84 Å². The van der Waals surface area contributed by atoms with Crippen molar-refractivity contribution in [3.63, 3.8) is 0 Å². The lowest BCUT2D eigenvalue weighted by Gasteiger charge is -2.35. The summed E-state index contributed by atoms with van der Waals surface area (Å²) in [6.45, 7) is 5.46. The quantitative estimate of drug-likeness (QED) is 0.722. The molecule has 0 aromatic heterocycles. The van der Waals surface area contributed by atoms with E-state index in [4.69, 9.17) is 4.74 Å². The van der Waals surface area contributed by atoms with Gasteiger partial charge in [-0.25, -0.2) is 0 Å². The van der Waals surface area contributed by atoms with E-state index in [9.17, 15) is 14.7 Å². The molecule has 2 rings (SSSR count). The van der Waals surface area contributed by atoms with Gasteiger partial charge in [0, 0.05) is 18.8 Å². The van der Waals surface area contributed by atoms with Gasteiger partial charge in [0.05, 0.1) is 5.57 Å². The number of ketones is 2. The van der Waals surface area contributed by atoms with Gasteiger partial charge >= 0.3 is 0 Å². The van der Waals surface area contributed by atoms with Crippen molar-refractivity contribution in [3.8, 4) is 0 Å². The Morgan fingerprint density at radius 1 is 1.42 bits per heavy atom. The number of carbonyl (C=O) groups excluding carboxylic acids is 2. The molecule has 1 aliphatic heterocycles. The summed E-state index contributed by atoms with van der Waals surface area (Å²) in [5.41, 5.74) is -0.495. The van der Waals surface area contributed by atoms with Crippen LogP contribution in [0.15, 0.2) is 47.5 Å². The second kappa shape index (κ2) is 7.75. The molecule has 0 aromatic carbocycles. The third-order valence-corrected chi connectivity index (χ3v) is 4.57. The van der Waals surface area contributed by atoms with Crippen LogP contribution in [0.3, 0.4) is 0 Å². The van der Waals surface area contributed by atoms with Gasteiger partial charge in [0.1, 0.15) is 23.4 Å². The molecule has 4 nitrogen and oxygen atoms in total. The van der Waals surface area contributed by atoms with Crippen LogP contribution in [0.1, 0.15) is 52.9 Å². The first-order valence-corrected chi connectivity index (χ1v) is 8.62. The van der Waals surface area contributed by atoms with Crippen molar-refractivity contribution in [2.45, 2.75) is 58.5 Å². The maximum Gasteiger partial charge on any atom is 0.198 e. The van der Waals surface area contributed by atoms with Crippen LogP contribution in [0, 0.1) is 5.92 Å². The molecule has 0 amide bonds. The van der Waals surface area contributed by atoms with E-state index >= 15 is 0 Å². The Kier molecular flexibility index (Phi) is 5.94. The van der Waals surface area contributed by atoms with Crippen LogP contribution in [0.4, 0.5) is 0 Å². The van der Waals surface area contributed by atoms with Crippen LogP contribution in [0.25, 0.3) is 0 Å². The van der Waals surface area contributed by atoms with E-state index in [-0.39, 0.29) is 18.0 Å². The minimum Gasteiger partial charge on any atom is -0.464 e. The molecule has 2 unspecified atom stereocenters. The van der Waals surface area contributed by atoms with Crippen molar-refractivity contribution in [1.29, 1.82) is 0 Å². The van der Waals surface area contributed by atoms with Gasteiger partial charge in [0.15, 0.2) is 5.78 Å². The molecule has 0 saturated heterocycles. The van der Waals surface area contributed by atoms with Crippen molar-refractivity contribution in [1.82, 2.24) is 0 Å². The Labute approximate surface area is 143 Å². The topological polar surface area (TPSA) is 63.6 Å². The molecule has 24 heavy (non-hydrogen) atoms. The summed E-state index contributed by atoms with van der Waals surface area (Å²) >= 11 is 0. The van der Waals surface area contributed by atoms with Crippen LogP contribution in [-0.2, 0) is 14.3 Å². The average molecular weight is 330 g/mol. The van der Waals surface area contributed by atoms with Gasteiger partial charge in [-0.3, -0.25) is 9.59 Å². The first kappa shape index (κ1) is 18.4. The number of hydrogen-bond donors (Lipinski definition) is 1. The Morgan fingerprint density at radius 2 is 2.17 bits per heavy atom. The minimum absolute atomic E-state index is 0.0931. The summed E-state index contributed by atoms with van der Waals surface area (Å²) in [4.78, 5) is 24.8. The Balaban J connectivity index is 2.22. The molecule has 2 atom stereocenters. The van der Waals surface area contributed by atoms with Crippen molar-refractivity contribution in [3.05, 3.63) is 47.5 Å². The number of fused-ring (bicyclic) bond motifs is 1. The van der Waals surface area contributed by atoms with Gasteiger partial charge in [0.2, 0.25) is 0 Å². The zero-order valence-corrected chi connectivity index (χ0v) is 14.7. The van der Waals surface area contributed by atoms with Crippen molar-refractivity contribution < 1.29 is 19.4 Å². The van der Waals surface area contributed by atoms with E-state index in [1.807, 2.05) is 19.1 Å². The first-order chi connectivity index (χ1) is 11.4. The number of rotatable bonds is 7. The van der Waals surface area contributed by atoms with E-state index in [0.29, 0.717) is 17.8 Å². The number of ether oxygens (including phenoxy) is 1. The number of unbranched alkanes of at least 4 members (excludes halogenated alkanes) is 2. The molecular formula is C20H26O4. The third kappa shape index (κ3) is 3.93. The lowest BCUT2D eigenvalue weighted by atomic mass is 9.72. The minimum atomic E-state index is -1.58. The molecule has 0 aromatic rings. The summed E-state index contributed by atoms with van der Waals surface area (Å²) < 4.78 is 5.41. The molecular weight excluding hydrogens is 304 g/mol. The monoisotopic (exact) mass is 330 g/mol. The fourth-order valence-corrected chi connectivity index (χ4v) is 3.03. The predicted octanol–water partition coefficient (Wildman–Crippen LogP) is 3.78. The average Bonchev–Trinajstić information content (AvgIpc) is 2.53. The molecule has 0 saturated carbocycles. The van der Waals surface area contributed by atoms with Gasteiger partial charge in [-0.15, -0.1) is 0 Å². The third-order valence-electron chi connectivity index (χ3n) is 4.57. The maximum absolute atomic E-state index is 12.6. The highest BCUT2D eigenvalue weighted by molar-refractivity contribution is 6.07. The summed E-state index contributed by atoms with van der Waals surface area (Å²) in [6.07, 6.45) is 12.3. The molecule has 2 aliphatic rings. The standard InChI is InChI=1S/C20H26O4/c1-4-6-7-9-16(21)12-15-10-14-11-17(8-5-2)24-13-18(14)19(22)20(15,3)23/h5,8,10-11,13,15,23H,4,6-7,9,12H2,1-3H3. The number of Topliss-reactive ketones (excluding diaryl/α,β-unsaturated/α-hetero) is 2. The lowest BCUT2D eigenvalue weighted by molar-refractivity contribution is -0.137. The summed E-state index contributed by atoms with van der Waals surface area (Å²) in [5.74, 6) is -0.167. The van der Waals surface area contributed by atoms with Crippen molar-refractivity contribution in [2.24, 2.45) is 5.92 Å². The van der Waals surface area contributed by atoms with Crippen LogP contribution in [-0.4, -0.2) is 22.3 Å². The Hall–Kier alpha value is -1.94. The largest absolute Gasteiger partial charge is 0.464 e. The molecule has 1 heterocycles. The Morgan fingerprint density at radius 3 is 2.83 bits per heavy atom. The van der Waals surface area contributed by atoms with Crippen LogP contribution < -0.4 is 0 Å². The van der Waals surface area contributed by atoms with Gasteiger partial charge in [-0.05, 0) is 38.0 Å². The van der Waals surface area contributed by atoms with E-state index in [2.05, 4.69) is 6.92 Å². The molecule has 0 fully saturated rings. The molecule has 1 aliphatic carbocycles.